The fourth-order valence-corrected chi connectivity index (χ4v) is 4.61. The maximum absolute atomic E-state index is 13.1. The second-order valence-electron chi connectivity index (χ2n) is 9.30. The molecule has 1 saturated heterocycles. The number of hydrogen-bond acceptors (Lipinski definition) is 6. The van der Waals surface area contributed by atoms with Gasteiger partial charge in [0.15, 0.2) is 11.5 Å². The number of ether oxygens (including phenoxy) is 2. The molecule has 4 aromatic rings. The zero-order chi connectivity index (χ0) is 26.1. The normalized spacial score (nSPS) is 14.6. The maximum Gasteiger partial charge on any atom is 0.255 e. The molecule has 1 aromatic heterocycles. The van der Waals surface area contributed by atoms with Crippen molar-refractivity contribution in [2.24, 2.45) is 0 Å². The van der Waals surface area contributed by atoms with E-state index < -0.39 is 0 Å². The molecule has 0 unspecified atom stereocenters. The number of likely N-dealkylation sites (tertiary alicyclic amines) is 1. The number of aromatic nitrogens is 1. The summed E-state index contributed by atoms with van der Waals surface area (Å²) in [5, 5.41) is 6.93. The van der Waals surface area contributed by atoms with Crippen LogP contribution in [0.2, 0.25) is 5.02 Å². The lowest BCUT2D eigenvalue weighted by Crippen LogP contribution is -2.36. The quantitative estimate of drug-likeness (QED) is 0.349. The Hall–Kier alpha value is -4.14. The largest absolute Gasteiger partial charge is 0.486 e. The zero-order valence-electron chi connectivity index (χ0n) is 20.5. The van der Waals surface area contributed by atoms with Crippen LogP contribution in [0.3, 0.4) is 0 Å². The van der Waals surface area contributed by atoms with E-state index in [1.165, 1.54) is 6.42 Å². The van der Waals surface area contributed by atoms with Gasteiger partial charge in [-0.1, -0.05) is 17.7 Å². The zero-order valence-corrected chi connectivity index (χ0v) is 21.3. The summed E-state index contributed by atoms with van der Waals surface area (Å²) in [7, 11) is 0. The second kappa shape index (κ2) is 10.3. The molecular weight excluding hydrogens is 504 g/mol. The third-order valence-electron chi connectivity index (χ3n) is 6.62. The van der Waals surface area contributed by atoms with Gasteiger partial charge >= 0.3 is 0 Å². The lowest BCUT2D eigenvalue weighted by Gasteiger charge is -2.30. The number of nitrogens with zero attached hydrogens (tertiary/aromatic N) is 2. The third-order valence-corrected chi connectivity index (χ3v) is 6.95. The van der Waals surface area contributed by atoms with Crippen LogP contribution in [0.4, 0.5) is 11.4 Å². The van der Waals surface area contributed by atoms with Gasteiger partial charge in [0.2, 0.25) is 0 Å². The topological polar surface area (TPSA) is 92.8 Å². The molecule has 2 aliphatic rings. The Bertz CT molecular complexity index is 1550. The van der Waals surface area contributed by atoms with Gasteiger partial charge in [0.05, 0.1) is 21.9 Å². The van der Waals surface area contributed by atoms with Crippen LogP contribution in [-0.2, 0) is 6.54 Å². The number of benzene rings is 3. The molecule has 2 amide bonds. The minimum Gasteiger partial charge on any atom is -0.486 e. The van der Waals surface area contributed by atoms with Gasteiger partial charge < -0.3 is 20.1 Å². The maximum atomic E-state index is 13.1. The minimum absolute atomic E-state index is 0.311. The number of amides is 2. The fraction of sp³-hybridized carbons (Fsp3) is 0.207. The van der Waals surface area contributed by atoms with Crippen molar-refractivity contribution in [2.75, 3.05) is 36.9 Å². The number of rotatable bonds is 6. The number of fused-ring (bicyclic) bond motifs is 2. The molecule has 1 fully saturated rings. The van der Waals surface area contributed by atoms with Crippen molar-refractivity contribution in [3.63, 3.8) is 0 Å². The standard InChI is InChI=1S/C29H25ClN4O4/c30-23-7-6-21(32-28(35)20-4-9-26-27(15-20)38-13-12-37-26)16-25(23)33-29(36)19-3-8-24-18(14-19)2-5-22(31-24)17-34-10-1-11-34/h2-9,14-16H,1,10-13,17H2,(H,32,35)(H,33,36). The van der Waals surface area contributed by atoms with Gasteiger partial charge in [-0.3, -0.25) is 19.5 Å². The van der Waals surface area contributed by atoms with Gasteiger partial charge in [-0.25, -0.2) is 0 Å². The summed E-state index contributed by atoms with van der Waals surface area (Å²) in [6.45, 7) is 3.99. The summed E-state index contributed by atoms with van der Waals surface area (Å²) in [6.07, 6.45) is 1.24. The molecule has 0 bridgehead atoms. The van der Waals surface area contributed by atoms with E-state index in [0.29, 0.717) is 52.2 Å². The number of anilines is 2. The highest BCUT2D eigenvalue weighted by Gasteiger charge is 2.17. The van der Waals surface area contributed by atoms with Crippen molar-refractivity contribution in [1.82, 2.24) is 9.88 Å². The molecule has 2 aliphatic heterocycles. The third kappa shape index (κ3) is 5.14. The van der Waals surface area contributed by atoms with Crippen molar-refractivity contribution >= 4 is 45.7 Å². The van der Waals surface area contributed by atoms with E-state index in [1.807, 2.05) is 24.3 Å². The molecular formula is C29H25ClN4O4. The Balaban J connectivity index is 1.15. The van der Waals surface area contributed by atoms with E-state index in [1.54, 1.807) is 42.5 Å². The predicted octanol–water partition coefficient (Wildman–Crippen LogP) is 5.37. The minimum atomic E-state index is -0.322. The van der Waals surface area contributed by atoms with Crippen LogP contribution in [0.25, 0.3) is 10.9 Å². The van der Waals surface area contributed by atoms with Gasteiger partial charge in [0, 0.05) is 28.7 Å². The Morgan fingerprint density at radius 2 is 1.61 bits per heavy atom. The highest BCUT2D eigenvalue weighted by atomic mass is 35.5. The SMILES string of the molecule is O=C(Nc1ccc(Cl)c(NC(=O)c2ccc3nc(CN4CCC4)ccc3c2)c1)c1ccc2c(c1)OCCO2. The number of carbonyl (C=O) groups excluding carboxylic acids is 2. The number of pyridine rings is 1. The summed E-state index contributed by atoms with van der Waals surface area (Å²) >= 11 is 6.36. The summed E-state index contributed by atoms with van der Waals surface area (Å²) in [5.41, 5.74) is 3.66. The summed E-state index contributed by atoms with van der Waals surface area (Å²) in [5.74, 6) is 0.512. The molecule has 0 radical (unpaired) electrons. The Labute approximate surface area is 224 Å². The van der Waals surface area contributed by atoms with E-state index in [4.69, 9.17) is 26.1 Å². The van der Waals surface area contributed by atoms with Crippen LogP contribution in [0.15, 0.2) is 66.7 Å². The molecule has 0 saturated carbocycles. The van der Waals surface area contributed by atoms with Gasteiger partial charge in [-0.15, -0.1) is 0 Å². The second-order valence-corrected chi connectivity index (χ2v) is 9.71. The van der Waals surface area contributed by atoms with E-state index in [0.717, 1.165) is 36.2 Å². The molecule has 192 valence electrons. The van der Waals surface area contributed by atoms with Crippen molar-refractivity contribution < 1.29 is 19.1 Å². The van der Waals surface area contributed by atoms with Crippen molar-refractivity contribution in [2.45, 2.75) is 13.0 Å². The smallest absolute Gasteiger partial charge is 0.255 e. The van der Waals surface area contributed by atoms with Crippen LogP contribution < -0.4 is 20.1 Å². The first-order valence-electron chi connectivity index (χ1n) is 12.5. The number of hydrogen-bond donors (Lipinski definition) is 2. The van der Waals surface area contributed by atoms with E-state index in [9.17, 15) is 9.59 Å². The Kier molecular flexibility index (Phi) is 6.57. The molecule has 38 heavy (non-hydrogen) atoms. The monoisotopic (exact) mass is 528 g/mol. The number of nitrogens with one attached hydrogen (secondary N) is 2. The summed E-state index contributed by atoms with van der Waals surface area (Å²) in [6, 6.07) is 19.4. The first-order chi connectivity index (χ1) is 18.5. The van der Waals surface area contributed by atoms with Crippen molar-refractivity contribution in [1.29, 1.82) is 0 Å². The van der Waals surface area contributed by atoms with Gasteiger partial charge in [-0.05, 0) is 80.2 Å². The highest BCUT2D eigenvalue weighted by molar-refractivity contribution is 6.34. The first kappa shape index (κ1) is 24.2. The molecule has 3 aromatic carbocycles. The summed E-state index contributed by atoms with van der Waals surface area (Å²) in [4.78, 5) is 33.0. The number of halogens is 1. The molecule has 2 N–H and O–H groups in total. The first-order valence-corrected chi connectivity index (χ1v) is 12.8. The van der Waals surface area contributed by atoms with Crippen LogP contribution in [0.5, 0.6) is 11.5 Å². The fourth-order valence-electron chi connectivity index (χ4n) is 4.45. The summed E-state index contributed by atoms with van der Waals surface area (Å²) < 4.78 is 11.1. The lowest BCUT2D eigenvalue weighted by atomic mass is 10.1. The predicted molar refractivity (Wildman–Crippen MR) is 146 cm³/mol. The van der Waals surface area contributed by atoms with Crippen LogP contribution in [0.1, 0.15) is 32.8 Å². The van der Waals surface area contributed by atoms with Gasteiger partial charge in [0.1, 0.15) is 13.2 Å². The lowest BCUT2D eigenvalue weighted by molar-refractivity contribution is 0.101. The molecule has 3 heterocycles. The Morgan fingerprint density at radius 3 is 2.42 bits per heavy atom. The van der Waals surface area contributed by atoms with E-state index >= 15 is 0 Å². The van der Waals surface area contributed by atoms with Gasteiger partial charge in [0.25, 0.3) is 11.8 Å². The van der Waals surface area contributed by atoms with Crippen LogP contribution in [-0.4, -0.2) is 48.0 Å². The molecule has 0 atom stereocenters. The van der Waals surface area contributed by atoms with Gasteiger partial charge in [-0.2, -0.15) is 0 Å². The average Bonchev–Trinajstić information content (AvgIpc) is 2.92. The van der Waals surface area contributed by atoms with Crippen LogP contribution >= 0.6 is 11.6 Å². The molecule has 8 nitrogen and oxygen atoms in total. The Morgan fingerprint density at radius 1 is 0.842 bits per heavy atom. The average molecular weight is 529 g/mol. The van der Waals surface area contributed by atoms with Crippen molar-refractivity contribution in [3.05, 3.63) is 88.6 Å². The van der Waals surface area contributed by atoms with Crippen LogP contribution in [0, 0.1) is 0 Å². The van der Waals surface area contributed by atoms with E-state index in [-0.39, 0.29) is 11.8 Å². The molecule has 6 rings (SSSR count). The molecule has 0 spiro atoms. The molecule has 9 heteroatoms. The van der Waals surface area contributed by atoms with E-state index in [2.05, 4.69) is 15.5 Å². The van der Waals surface area contributed by atoms with Crippen molar-refractivity contribution in [3.8, 4) is 11.5 Å². The molecule has 0 aliphatic carbocycles. The number of carbonyl (C=O) groups is 2. The highest BCUT2D eigenvalue weighted by Crippen LogP contribution is 2.32.